The van der Waals surface area contributed by atoms with Crippen molar-refractivity contribution in [2.24, 2.45) is 0 Å². The maximum Gasteiger partial charge on any atom is 0.127 e. The van der Waals surface area contributed by atoms with Gasteiger partial charge in [0.2, 0.25) is 0 Å². The Morgan fingerprint density at radius 3 is 2.71 bits per heavy atom. The van der Waals surface area contributed by atoms with E-state index in [-0.39, 0.29) is 0 Å². The van der Waals surface area contributed by atoms with Crippen molar-refractivity contribution in [3.05, 3.63) is 36.4 Å². The van der Waals surface area contributed by atoms with Gasteiger partial charge in [-0.15, -0.1) is 6.58 Å². The van der Waals surface area contributed by atoms with Gasteiger partial charge in [-0.2, -0.15) is 0 Å². The van der Waals surface area contributed by atoms with Crippen molar-refractivity contribution in [3.8, 4) is 11.5 Å². The highest BCUT2D eigenvalue weighted by atomic mass is 16.5. The molecule has 1 N–H and O–H groups in total. The number of ether oxygens (including phenoxy) is 2. The van der Waals surface area contributed by atoms with E-state index in [4.69, 9.17) is 9.47 Å². The van der Waals surface area contributed by atoms with E-state index in [2.05, 4.69) is 18.8 Å². The third-order valence-electron chi connectivity index (χ3n) is 2.66. The topological polar surface area (TPSA) is 30.5 Å². The molecule has 0 bridgehead atoms. The first kappa shape index (κ1) is 13.6. The molecule has 3 heteroatoms. The molecule has 1 atom stereocenters. The van der Waals surface area contributed by atoms with E-state index in [1.165, 1.54) is 0 Å². The molecule has 0 radical (unpaired) electrons. The average molecular weight is 235 g/mol. The predicted octanol–water partition coefficient (Wildman–Crippen LogP) is 2.76. The van der Waals surface area contributed by atoms with Crippen LogP contribution in [-0.2, 0) is 6.54 Å². The van der Waals surface area contributed by atoms with Crippen molar-refractivity contribution < 1.29 is 9.47 Å². The van der Waals surface area contributed by atoms with Crippen molar-refractivity contribution in [1.82, 2.24) is 5.32 Å². The van der Waals surface area contributed by atoms with Crippen LogP contribution < -0.4 is 14.8 Å². The summed E-state index contributed by atoms with van der Waals surface area (Å²) in [6.45, 7) is 6.65. The number of hydrogen-bond acceptors (Lipinski definition) is 3. The van der Waals surface area contributed by atoms with E-state index in [1.807, 2.05) is 24.3 Å². The van der Waals surface area contributed by atoms with Crippen LogP contribution >= 0.6 is 0 Å². The molecule has 0 amide bonds. The van der Waals surface area contributed by atoms with E-state index < -0.39 is 0 Å². The van der Waals surface area contributed by atoms with Gasteiger partial charge in [0.15, 0.2) is 0 Å². The van der Waals surface area contributed by atoms with Crippen LogP contribution in [0.5, 0.6) is 11.5 Å². The molecule has 0 aromatic heterocycles. The number of hydrogen-bond donors (Lipinski definition) is 1. The lowest BCUT2D eigenvalue weighted by Gasteiger charge is -2.14. The van der Waals surface area contributed by atoms with E-state index in [9.17, 15) is 0 Å². The first-order valence-corrected chi connectivity index (χ1v) is 5.76. The summed E-state index contributed by atoms with van der Waals surface area (Å²) in [6, 6.07) is 6.28. The van der Waals surface area contributed by atoms with Crippen LogP contribution in [0.25, 0.3) is 0 Å². The number of nitrogens with one attached hydrogen (secondary N) is 1. The molecule has 0 fully saturated rings. The Balaban J connectivity index is 2.66. The average Bonchev–Trinajstić information content (AvgIpc) is 2.36. The summed E-state index contributed by atoms with van der Waals surface area (Å²) in [5.41, 5.74) is 1.13. The number of methoxy groups -OCH3 is 2. The second kappa shape index (κ2) is 6.97. The predicted molar refractivity (Wildman–Crippen MR) is 70.7 cm³/mol. The van der Waals surface area contributed by atoms with Gasteiger partial charge in [0.1, 0.15) is 11.5 Å². The fourth-order valence-corrected chi connectivity index (χ4v) is 1.62. The Kier molecular flexibility index (Phi) is 5.57. The minimum absolute atomic E-state index is 0.416. The lowest BCUT2D eigenvalue weighted by atomic mass is 10.1. The normalized spacial score (nSPS) is 11.9. The standard InChI is InChI=1S/C14H21NO2/c1-5-6-11(2)15-10-12-7-8-13(16-3)9-14(12)17-4/h5,7-9,11,15H,1,6,10H2,2-4H3. The van der Waals surface area contributed by atoms with Crippen molar-refractivity contribution in [2.75, 3.05) is 14.2 Å². The maximum absolute atomic E-state index is 5.34. The summed E-state index contributed by atoms with van der Waals surface area (Å²) in [7, 11) is 3.32. The molecule has 94 valence electrons. The summed E-state index contributed by atoms with van der Waals surface area (Å²) in [4.78, 5) is 0. The van der Waals surface area contributed by atoms with Gasteiger partial charge in [0.25, 0.3) is 0 Å². The molecule has 1 unspecified atom stereocenters. The number of rotatable bonds is 7. The molecule has 0 heterocycles. The van der Waals surface area contributed by atoms with Crippen LogP contribution in [0.15, 0.2) is 30.9 Å². The second-order valence-electron chi connectivity index (χ2n) is 3.98. The smallest absolute Gasteiger partial charge is 0.127 e. The molecule has 1 rings (SSSR count). The molecule has 3 nitrogen and oxygen atoms in total. The summed E-state index contributed by atoms with van der Waals surface area (Å²) in [5.74, 6) is 1.66. The Bertz CT molecular complexity index is 363. The largest absolute Gasteiger partial charge is 0.497 e. The van der Waals surface area contributed by atoms with Crippen LogP contribution in [-0.4, -0.2) is 20.3 Å². The molecular weight excluding hydrogens is 214 g/mol. The number of benzene rings is 1. The molecule has 1 aromatic rings. The molecule has 17 heavy (non-hydrogen) atoms. The van der Waals surface area contributed by atoms with Crippen molar-refractivity contribution >= 4 is 0 Å². The Morgan fingerprint density at radius 2 is 2.12 bits per heavy atom. The fraction of sp³-hybridized carbons (Fsp3) is 0.429. The summed E-state index contributed by atoms with van der Waals surface area (Å²) >= 11 is 0. The van der Waals surface area contributed by atoms with Crippen LogP contribution in [0.4, 0.5) is 0 Å². The first-order chi connectivity index (χ1) is 8.21. The monoisotopic (exact) mass is 235 g/mol. The van der Waals surface area contributed by atoms with Gasteiger partial charge in [-0.3, -0.25) is 0 Å². The van der Waals surface area contributed by atoms with E-state index in [0.29, 0.717) is 6.04 Å². The summed E-state index contributed by atoms with van der Waals surface area (Å²) in [5, 5.41) is 3.42. The SMILES string of the molecule is C=CCC(C)NCc1ccc(OC)cc1OC. The molecule has 0 saturated heterocycles. The maximum atomic E-state index is 5.34. The van der Waals surface area contributed by atoms with E-state index in [0.717, 1.165) is 30.0 Å². The van der Waals surface area contributed by atoms with Gasteiger partial charge in [0.05, 0.1) is 14.2 Å². The Morgan fingerprint density at radius 1 is 1.35 bits per heavy atom. The molecule has 0 aliphatic heterocycles. The van der Waals surface area contributed by atoms with Crippen molar-refractivity contribution in [2.45, 2.75) is 25.9 Å². The van der Waals surface area contributed by atoms with Crippen molar-refractivity contribution in [3.63, 3.8) is 0 Å². The Hall–Kier alpha value is -1.48. The lowest BCUT2D eigenvalue weighted by molar-refractivity contribution is 0.388. The minimum atomic E-state index is 0.416. The molecule has 1 aromatic carbocycles. The Labute approximate surface area is 103 Å². The third-order valence-corrected chi connectivity index (χ3v) is 2.66. The van der Waals surface area contributed by atoms with Gasteiger partial charge in [-0.25, -0.2) is 0 Å². The highest BCUT2D eigenvalue weighted by molar-refractivity contribution is 5.40. The first-order valence-electron chi connectivity index (χ1n) is 5.76. The van der Waals surface area contributed by atoms with Gasteiger partial charge < -0.3 is 14.8 Å². The molecule has 0 spiro atoms. The zero-order chi connectivity index (χ0) is 12.7. The van der Waals surface area contributed by atoms with Crippen LogP contribution in [0.2, 0.25) is 0 Å². The summed E-state index contributed by atoms with van der Waals surface area (Å²) < 4.78 is 10.5. The molecule has 0 aliphatic carbocycles. The molecule has 0 saturated carbocycles. The van der Waals surface area contributed by atoms with Gasteiger partial charge in [-0.05, 0) is 19.4 Å². The lowest BCUT2D eigenvalue weighted by Crippen LogP contribution is -2.24. The zero-order valence-corrected chi connectivity index (χ0v) is 10.8. The molecular formula is C14H21NO2. The molecule has 0 aliphatic rings. The van der Waals surface area contributed by atoms with Gasteiger partial charge >= 0.3 is 0 Å². The van der Waals surface area contributed by atoms with Crippen LogP contribution in [0.1, 0.15) is 18.9 Å². The van der Waals surface area contributed by atoms with E-state index in [1.54, 1.807) is 14.2 Å². The van der Waals surface area contributed by atoms with Gasteiger partial charge in [0, 0.05) is 24.2 Å². The highest BCUT2D eigenvalue weighted by Crippen LogP contribution is 2.24. The highest BCUT2D eigenvalue weighted by Gasteiger charge is 2.06. The second-order valence-corrected chi connectivity index (χ2v) is 3.98. The van der Waals surface area contributed by atoms with Gasteiger partial charge in [-0.1, -0.05) is 12.1 Å². The summed E-state index contributed by atoms with van der Waals surface area (Å²) in [6.07, 6.45) is 2.88. The zero-order valence-electron chi connectivity index (χ0n) is 10.8. The third kappa shape index (κ3) is 4.11. The quantitative estimate of drug-likeness (QED) is 0.737. The van der Waals surface area contributed by atoms with E-state index >= 15 is 0 Å². The van der Waals surface area contributed by atoms with Crippen LogP contribution in [0.3, 0.4) is 0 Å². The van der Waals surface area contributed by atoms with Crippen LogP contribution in [0, 0.1) is 0 Å². The van der Waals surface area contributed by atoms with Crippen molar-refractivity contribution in [1.29, 1.82) is 0 Å². The minimum Gasteiger partial charge on any atom is -0.497 e. The fourth-order valence-electron chi connectivity index (χ4n) is 1.62.